The van der Waals surface area contributed by atoms with E-state index in [0.717, 1.165) is 16.4 Å². The number of nitrogens with zero attached hydrogens (tertiary/aromatic N) is 6. The highest BCUT2D eigenvalue weighted by atomic mass is 32.2. The van der Waals surface area contributed by atoms with Gasteiger partial charge in [0.15, 0.2) is 17.0 Å². The van der Waals surface area contributed by atoms with Crippen LogP contribution in [0.3, 0.4) is 0 Å². The normalized spacial score (nSPS) is 18.5. The van der Waals surface area contributed by atoms with Gasteiger partial charge < -0.3 is 32.0 Å². The smallest absolute Gasteiger partial charge is 0.352 e. The summed E-state index contributed by atoms with van der Waals surface area (Å²) in [5.74, 6) is -1.58. The molecular formula is C23H25N10O6S3+. The van der Waals surface area contributed by atoms with Crippen LogP contribution in [0.25, 0.3) is 5.65 Å². The van der Waals surface area contributed by atoms with Gasteiger partial charge in [-0.25, -0.2) is 19.1 Å². The van der Waals surface area contributed by atoms with Crippen molar-refractivity contribution in [2.24, 2.45) is 10.9 Å². The van der Waals surface area contributed by atoms with E-state index in [1.54, 1.807) is 16.9 Å². The molecule has 4 amide bonds. The van der Waals surface area contributed by atoms with Crippen LogP contribution in [0, 0.1) is 0 Å². The lowest BCUT2D eigenvalue weighted by Crippen LogP contribution is -2.71. The summed E-state index contributed by atoms with van der Waals surface area (Å²) < 4.78 is 3.50. The summed E-state index contributed by atoms with van der Waals surface area (Å²) in [6.07, 6.45) is 3.52. The number of hydrogen-bond donors (Lipinski definition) is 5. The van der Waals surface area contributed by atoms with Crippen molar-refractivity contribution in [2.75, 3.05) is 30.9 Å². The first-order valence-electron chi connectivity index (χ1n) is 12.2. The number of primary amides is 1. The second-order valence-corrected chi connectivity index (χ2v) is 12.0. The van der Waals surface area contributed by atoms with Crippen LogP contribution in [0.4, 0.5) is 9.93 Å². The van der Waals surface area contributed by atoms with Crippen LogP contribution in [0.5, 0.6) is 0 Å². The Hall–Kier alpha value is -4.36. The van der Waals surface area contributed by atoms with E-state index in [1.807, 2.05) is 16.7 Å². The Morgan fingerprint density at radius 1 is 1.36 bits per heavy atom. The summed E-state index contributed by atoms with van der Waals surface area (Å²) in [7, 11) is 1.27. The highest BCUT2D eigenvalue weighted by Gasteiger charge is 2.54. The van der Waals surface area contributed by atoms with Crippen molar-refractivity contribution in [3.05, 3.63) is 46.9 Å². The van der Waals surface area contributed by atoms with Crippen molar-refractivity contribution in [3.63, 3.8) is 0 Å². The maximum atomic E-state index is 13.2. The van der Waals surface area contributed by atoms with Crippen molar-refractivity contribution in [1.29, 1.82) is 0 Å². The van der Waals surface area contributed by atoms with Gasteiger partial charge in [0.05, 0.1) is 0 Å². The van der Waals surface area contributed by atoms with Crippen molar-refractivity contribution in [2.45, 2.75) is 23.0 Å². The number of anilines is 1. The molecule has 19 heteroatoms. The molecule has 1 fully saturated rings. The molecule has 0 aliphatic carbocycles. The predicted octanol–water partition coefficient (Wildman–Crippen LogP) is -0.790. The van der Waals surface area contributed by atoms with Crippen LogP contribution in [-0.4, -0.2) is 90.7 Å². The lowest BCUT2D eigenvalue weighted by molar-refractivity contribution is -0.662. The second-order valence-electron chi connectivity index (χ2n) is 8.85. The van der Waals surface area contributed by atoms with E-state index in [1.165, 1.54) is 40.9 Å². The molecule has 7 N–H and O–H groups in total. The fraction of sp³-hybridized carbons (Fsp3) is 0.304. The average Bonchev–Trinajstić information content (AvgIpc) is 3.57. The fourth-order valence-corrected chi connectivity index (χ4v) is 7.03. The molecule has 0 bridgehead atoms. The number of urea groups is 1. The Bertz CT molecular complexity index is 1640. The SMILES string of the molecule is CO/N=C(\C(=O)N[C@@H]1C(=O)N2C(C(=O)O)=C(C[n+]3ccn4nc(SCCNC(N)=O)ccc43)CS[C@H]12)c1csc(N)n1. The molecule has 0 saturated carbocycles. The third-order valence-corrected chi connectivity index (χ3v) is 9.14. The van der Waals surface area contributed by atoms with Crippen LogP contribution in [0.15, 0.2) is 51.4 Å². The van der Waals surface area contributed by atoms with Crippen molar-refractivity contribution < 1.29 is 33.7 Å². The Labute approximate surface area is 250 Å². The molecule has 0 spiro atoms. The number of carboxylic acid groups (broad SMARTS) is 1. The van der Waals surface area contributed by atoms with Gasteiger partial charge in [0.2, 0.25) is 0 Å². The van der Waals surface area contributed by atoms with Crippen LogP contribution >= 0.6 is 34.9 Å². The number of aromatic nitrogens is 4. The van der Waals surface area contributed by atoms with E-state index < -0.39 is 35.2 Å². The Morgan fingerprint density at radius 2 is 2.17 bits per heavy atom. The lowest BCUT2D eigenvalue weighted by atomic mass is 10.0. The number of hydrogen-bond acceptors (Lipinski definition) is 12. The maximum Gasteiger partial charge on any atom is 0.352 e. The minimum absolute atomic E-state index is 0.110. The van der Waals surface area contributed by atoms with Crippen LogP contribution in [0.2, 0.25) is 0 Å². The molecule has 2 aliphatic rings. The number of nitrogen functional groups attached to an aromatic ring is 1. The first kappa shape index (κ1) is 29.1. The van der Waals surface area contributed by atoms with Crippen molar-refractivity contribution in [3.8, 4) is 0 Å². The van der Waals surface area contributed by atoms with E-state index in [-0.39, 0.29) is 28.8 Å². The molecule has 16 nitrogen and oxygen atoms in total. The molecule has 2 aliphatic heterocycles. The molecular weight excluding hydrogens is 609 g/mol. The number of nitrogens with two attached hydrogens (primary N) is 2. The number of nitrogens with one attached hydrogen (secondary N) is 2. The maximum absolute atomic E-state index is 13.2. The predicted molar refractivity (Wildman–Crippen MR) is 153 cm³/mol. The molecule has 0 aromatic carbocycles. The lowest BCUT2D eigenvalue weighted by Gasteiger charge is -2.49. The van der Waals surface area contributed by atoms with E-state index in [4.69, 9.17) is 16.3 Å². The van der Waals surface area contributed by atoms with Gasteiger partial charge in [0.1, 0.15) is 47.7 Å². The molecule has 0 unspecified atom stereocenters. The zero-order valence-corrected chi connectivity index (χ0v) is 24.4. The van der Waals surface area contributed by atoms with Crippen LogP contribution < -0.4 is 26.7 Å². The molecule has 2 atom stereocenters. The van der Waals surface area contributed by atoms with E-state index in [0.29, 0.717) is 29.3 Å². The average molecular weight is 634 g/mol. The second kappa shape index (κ2) is 12.2. The largest absolute Gasteiger partial charge is 0.477 e. The number of fused-ring (bicyclic) bond motifs is 2. The number of carboxylic acids is 1. The number of oxime groups is 1. The molecule has 3 aromatic heterocycles. The number of carbonyl (C=O) groups is 4. The molecule has 42 heavy (non-hydrogen) atoms. The zero-order valence-electron chi connectivity index (χ0n) is 21.9. The van der Waals surface area contributed by atoms with Gasteiger partial charge in [0.25, 0.3) is 11.8 Å². The number of carbonyl (C=O) groups excluding carboxylic acids is 3. The zero-order chi connectivity index (χ0) is 30.0. The summed E-state index contributed by atoms with van der Waals surface area (Å²) in [5.41, 5.74) is 11.9. The highest BCUT2D eigenvalue weighted by Crippen LogP contribution is 2.40. The summed E-state index contributed by atoms with van der Waals surface area (Å²) >= 11 is 3.91. The van der Waals surface area contributed by atoms with Crippen molar-refractivity contribution in [1.82, 2.24) is 30.1 Å². The molecule has 3 aromatic rings. The molecule has 5 heterocycles. The standard InChI is InChI=1S/C23H24N10O6S3/c1-39-30-15(12-10-42-23(25)27-12)18(34)28-16-19(35)33-17(21(36)37)11(9-41-20(16)33)8-31-5-6-32-14(31)3-2-13(29-32)40-7-4-26-22(24)38/h2-3,5-6,10,16,20H,4,7-9H2,1H3,(H6-,24,25,26,27,28,34,36,37,38)/p+1/b30-15-/t16-,20-/m1/s1. The first-order chi connectivity index (χ1) is 20.2. The number of β-lactam (4-membered cyclic amide) rings is 1. The molecule has 5 rings (SSSR count). The Kier molecular flexibility index (Phi) is 8.50. The molecule has 1 saturated heterocycles. The number of amides is 4. The van der Waals surface area contributed by atoms with Gasteiger partial charge in [-0.3, -0.25) is 14.5 Å². The van der Waals surface area contributed by atoms with Gasteiger partial charge in [-0.15, -0.1) is 39.4 Å². The third kappa shape index (κ3) is 5.83. The number of thiazole rings is 1. The third-order valence-electron chi connectivity index (χ3n) is 6.21. The quantitative estimate of drug-likeness (QED) is 0.0439. The van der Waals surface area contributed by atoms with Crippen molar-refractivity contribution >= 4 is 75.2 Å². The van der Waals surface area contributed by atoms with Gasteiger partial charge in [-0.1, -0.05) is 10.3 Å². The van der Waals surface area contributed by atoms with E-state index in [9.17, 15) is 24.3 Å². The van der Waals surface area contributed by atoms with Gasteiger partial charge >= 0.3 is 17.6 Å². The first-order valence-corrected chi connectivity index (χ1v) is 15.2. The molecule has 0 radical (unpaired) electrons. The van der Waals surface area contributed by atoms with E-state index >= 15 is 0 Å². The number of rotatable bonds is 11. The van der Waals surface area contributed by atoms with Gasteiger partial charge in [-0.05, 0) is 6.07 Å². The topological polar surface area (TPSA) is 224 Å². The number of imidazole rings is 1. The van der Waals surface area contributed by atoms with Crippen LogP contribution in [-0.2, 0) is 25.8 Å². The fourth-order valence-electron chi connectivity index (χ4n) is 4.42. The van der Waals surface area contributed by atoms with Crippen LogP contribution in [0.1, 0.15) is 5.69 Å². The molecule has 220 valence electrons. The van der Waals surface area contributed by atoms with Gasteiger partial charge in [-0.2, -0.15) is 0 Å². The Balaban J connectivity index is 1.30. The van der Waals surface area contributed by atoms with Gasteiger partial charge in [0, 0.05) is 35.1 Å². The number of aliphatic carboxylic acids is 1. The minimum Gasteiger partial charge on any atom is -0.477 e. The monoisotopic (exact) mass is 633 g/mol. The minimum atomic E-state index is -1.24. The summed E-state index contributed by atoms with van der Waals surface area (Å²) in [5, 5.41) is 25.4. The number of thioether (sulfide) groups is 2. The summed E-state index contributed by atoms with van der Waals surface area (Å²) in [6, 6.07) is 2.13. The highest BCUT2D eigenvalue weighted by molar-refractivity contribution is 8.00. The van der Waals surface area contributed by atoms with E-state index in [2.05, 4.69) is 25.9 Å². The summed E-state index contributed by atoms with van der Waals surface area (Å²) in [4.78, 5) is 59.3. The summed E-state index contributed by atoms with van der Waals surface area (Å²) in [6.45, 7) is 0.615. The Morgan fingerprint density at radius 3 is 2.86 bits per heavy atom.